The average molecular weight is 366 g/mol. The lowest BCUT2D eigenvalue weighted by atomic mass is 10.1. The van der Waals surface area contributed by atoms with Gasteiger partial charge < -0.3 is 9.84 Å². The van der Waals surface area contributed by atoms with Crippen molar-refractivity contribution in [1.29, 1.82) is 0 Å². The van der Waals surface area contributed by atoms with Gasteiger partial charge >= 0.3 is 0 Å². The van der Waals surface area contributed by atoms with Gasteiger partial charge in [0, 0.05) is 23.5 Å². The summed E-state index contributed by atoms with van der Waals surface area (Å²) in [7, 11) is 0. The Morgan fingerprint density at radius 1 is 0.889 bits per heavy atom. The maximum absolute atomic E-state index is 12.7. The highest BCUT2D eigenvalue weighted by molar-refractivity contribution is 5.64. The van der Waals surface area contributed by atoms with Crippen LogP contribution >= 0.6 is 0 Å². The third-order valence-electron chi connectivity index (χ3n) is 4.23. The number of halogens is 1. The molecule has 5 heteroatoms. The number of ether oxygens (including phenoxy) is 1. The molecule has 0 aliphatic heterocycles. The van der Waals surface area contributed by atoms with Crippen LogP contribution in [-0.2, 0) is 0 Å². The molecular weight excluding hydrogens is 343 g/mol. The van der Waals surface area contributed by atoms with E-state index in [1.165, 1.54) is 0 Å². The molecule has 3 aromatic rings. The van der Waals surface area contributed by atoms with Gasteiger partial charge in [0.25, 0.3) is 0 Å². The van der Waals surface area contributed by atoms with Gasteiger partial charge in [-0.05, 0) is 68.1 Å². The first-order valence-corrected chi connectivity index (χ1v) is 9.10. The van der Waals surface area contributed by atoms with Gasteiger partial charge in [0.15, 0.2) is 5.82 Å². The van der Waals surface area contributed by atoms with E-state index in [-0.39, 0.29) is 5.75 Å². The number of rotatable bonds is 8. The fraction of sp³-hybridized carbons (Fsp3) is 0.273. The summed E-state index contributed by atoms with van der Waals surface area (Å²) in [5.74, 6) is 1.66. The number of unbranched alkanes of at least 4 members (excludes halogenated alkanes) is 1. The van der Waals surface area contributed by atoms with E-state index in [4.69, 9.17) is 4.74 Å². The second-order valence-corrected chi connectivity index (χ2v) is 6.49. The number of benzene rings is 2. The van der Waals surface area contributed by atoms with Crippen molar-refractivity contribution in [2.75, 3.05) is 6.61 Å². The highest BCUT2D eigenvalue weighted by Crippen LogP contribution is 2.23. The Bertz CT molecular complexity index is 832. The minimum Gasteiger partial charge on any atom is -0.508 e. The summed E-state index contributed by atoms with van der Waals surface area (Å²) < 4.78 is 18.4. The van der Waals surface area contributed by atoms with Gasteiger partial charge in [-0.15, -0.1) is 0 Å². The molecule has 1 aromatic heterocycles. The summed E-state index contributed by atoms with van der Waals surface area (Å²) in [4.78, 5) is 8.86. The molecule has 140 valence electrons. The fourth-order valence-electron chi connectivity index (χ4n) is 2.70. The molecule has 1 atom stereocenters. The van der Waals surface area contributed by atoms with Crippen molar-refractivity contribution in [3.8, 4) is 34.0 Å². The normalized spacial score (nSPS) is 11.9. The van der Waals surface area contributed by atoms with E-state index in [0.29, 0.717) is 18.9 Å². The summed E-state index contributed by atoms with van der Waals surface area (Å²) >= 11 is 0. The Balaban J connectivity index is 1.57. The molecule has 1 N–H and O–H groups in total. The molecule has 0 fully saturated rings. The van der Waals surface area contributed by atoms with Crippen molar-refractivity contribution in [3.63, 3.8) is 0 Å². The van der Waals surface area contributed by atoms with Crippen LogP contribution in [0.15, 0.2) is 60.9 Å². The molecule has 27 heavy (non-hydrogen) atoms. The quantitative estimate of drug-likeness (QED) is 0.541. The molecule has 0 bridgehead atoms. The number of hydrogen-bond donors (Lipinski definition) is 1. The summed E-state index contributed by atoms with van der Waals surface area (Å²) in [6.07, 6.45) is 5.05. The molecule has 4 nitrogen and oxygen atoms in total. The highest BCUT2D eigenvalue weighted by Gasteiger charge is 2.04. The fourth-order valence-corrected chi connectivity index (χ4v) is 2.70. The first-order chi connectivity index (χ1) is 13.1. The third kappa shape index (κ3) is 5.51. The first-order valence-electron chi connectivity index (χ1n) is 9.10. The van der Waals surface area contributed by atoms with Crippen LogP contribution in [0, 0.1) is 0 Å². The van der Waals surface area contributed by atoms with Crippen molar-refractivity contribution in [3.05, 3.63) is 60.9 Å². The lowest BCUT2D eigenvalue weighted by Gasteiger charge is -2.08. The zero-order valence-corrected chi connectivity index (χ0v) is 15.3. The lowest BCUT2D eigenvalue weighted by molar-refractivity contribution is 0.284. The van der Waals surface area contributed by atoms with Gasteiger partial charge in [0.2, 0.25) is 0 Å². The van der Waals surface area contributed by atoms with Gasteiger partial charge in [-0.25, -0.2) is 14.4 Å². The van der Waals surface area contributed by atoms with Gasteiger partial charge in [-0.1, -0.05) is 12.1 Å². The van der Waals surface area contributed by atoms with Crippen molar-refractivity contribution >= 4 is 0 Å². The molecule has 0 aliphatic rings. The molecular formula is C22H23FN2O2. The Kier molecular flexibility index (Phi) is 6.36. The van der Waals surface area contributed by atoms with Gasteiger partial charge in [0.1, 0.15) is 11.5 Å². The van der Waals surface area contributed by atoms with Crippen LogP contribution in [0.25, 0.3) is 22.5 Å². The van der Waals surface area contributed by atoms with E-state index in [1.807, 2.05) is 36.4 Å². The largest absolute Gasteiger partial charge is 0.508 e. The predicted octanol–water partition coefficient (Wildman–Crippen LogP) is 5.42. The second-order valence-electron chi connectivity index (χ2n) is 6.49. The number of alkyl halides is 1. The van der Waals surface area contributed by atoms with Crippen molar-refractivity contribution in [2.45, 2.75) is 32.4 Å². The summed E-state index contributed by atoms with van der Waals surface area (Å²) in [6, 6.07) is 14.6. The van der Waals surface area contributed by atoms with Crippen molar-refractivity contribution in [2.24, 2.45) is 0 Å². The molecule has 2 aromatic carbocycles. The van der Waals surface area contributed by atoms with E-state index in [0.717, 1.165) is 35.3 Å². The molecule has 0 unspecified atom stereocenters. The topological polar surface area (TPSA) is 55.2 Å². The molecule has 0 radical (unpaired) electrons. The average Bonchev–Trinajstić information content (AvgIpc) is 2.69. The van der Waals surface area contributed by atoms with E-state index in [1.54, 1.807) is 31.5 Å². The minimum atomic E-state index is -0.746. The second kappa shape index (κ2) is 9.12. The smallest absolute Gasteiger partial charge is 0.159 e. The van der Waals surface area contributed by atoms with E-state index >= 15 is 0 Å². The van der Waals surface area contributed by atoms with Crippen LogP contribution in [0.2, 0.25) is 0 Å². The summed E-state index contributed by atoms with van der Waals surface area (Å²) in [6.45, 7) is 2.17. The van der Waals surface area contributed by atoms with Crippen LogP contribution in [0.4, 0.5) is 4.39 Å². The zero-order valence-electron chi connectivity index (χ0n) is 15.3. The minimum absolute atomic E-state index is 0.232. The number of nitrogens with zero attached hydrogens (tertiary/aromatic N) is 2. The molecule has 3 rings (SSSR count). The number of phenols is 1. The standard InChI is InChI=1S/C22H23FN2O2/c1-16(23)4-2-3-13-27-21-11-7-18(8-12-21)22-24-14-19(15-25-22)17-5-9-20(26)10-6-17/h5-12,14-16,26H,2-4,13H2,1H3/t16-/m1/s1. The number of hydrogen-bond acceptors (Lipinski definition) is 4. The Hall–Kier alpha value is -2.95. The molecule has 0 aliphatic carbocycles. The summed E-state index contributed by atoms with van der Waals surface area (Å²) in [5.41, 5.74) is 2.75. The Labute approximate surface area is 158 Å². The Morgan fingerprint density at radius 2 is 1.52 bits per heavy atom. The van der Waals surface area contributed by atoms with Crippen LogP contribution in [0.5, 0.6) is 11.5 Å². The van der Waals surface area contributed by atoms with Crippen molar-refractivity contribution in [1.82, 2.24) is 9.97 Å². The van der Waals surface area contributed by atoms with Crippen LogP contribution in [0.3, 0.4) is 0 Å². The van der Waals surface area contributed by atoms with E-state index < -0.39 is 6.17 Å². The van der Waals surface area contributed by atoms with Crippen LogP contribution in [-0.4, -0.2) is 27.9 Å². The Morgan fingerprint density at radius 3 is 2.15 bits per heavy atom. The number of aromatic hydroxyl groups is 1. The molecule has 0 saturated carbocycles. The van der Waals surface area contributed by atoms with Crippen molar-refractivity contribution < 1.29 is 14.2 Å². The highest BCUT2D eigenvalue weighted by atomic mass is 19.1. The maximum atomic E-state index is 12.7. The SMILES string of the molecule is C[C@@H](F)CCCCOc1ccc(-c2ncc(-c3ccc(O)cc3)cn2)cc1. The zero-order chi connectivity index (χ0) is 19.1. The summed E-state index contributed by atoms with van der Waals surface area (Å²) in [5, 5.41) is 9.36. The first kappa shape index (κ1) is 18.8. The van der Waals surface area contributed by atoms with Gasteiger partial charge in [-0.2, -0.15) is 0 Å². The van der Waals surface area contributed by atoms with Crippen LogP contribution < -0.4 is 4.74 Å². The predicted molar refractivity (Wildman–Crippen MR) is 104 cm³/mol. The van der Waals surface area contributed by atoms with Crippen LogP contribution in [0.1, 0.15) is 26.2 Å². The monoisotopic (exact) mass is 366 g/mol. The lowest BCUT2D eigenvalue weighted by Crippen LogP contribution is -1.99. The van der Waals surface area contributed by atoms with E-state index in [2.05, 4.69) is 9.97 Å². The number of aromatic nitrogens is 2. The van der Waals surface area contributed by atoms with E-state index in [9.17, 15) is 9.50 Å². The van der Waals surface area contributed by atoms with Gasteiger partial charge in [-0.3, -0.25) is 0 Å². The third-order valence-corrected chi connectivity index (χ3v) is 4.23. The molecule has 0 saturated heterocycles. The number of phenolic OH excluding ortho intramolecular Hbond substituents is 1. The molecule has 0 amide bonds. The maximum Gasteiger partial charge on any atom is 0.159 e. The molecule has 0 spiro atoms. The molecule has 1 heterocycles. The van der Waals surface area contributed by atoms with Gasteiger partial charge in [0.05, 0.1) is 12.8 Å².